The van der Waals surface area contributed by atoms with Gasteiger partial charge >= 0.3 is 0 Å². The summed E-state index contributed by atoms with van der Waals surface area (Å²) in [5, 5.41) is 93.8. The summed E-state index contributed by atoms with van der Waals surface area (Å²) >= 11 is 0. The lowest BCUT2D eigenvalue weighted by Gasteiger charge is -2.62. The fraction of sp³-hybridized carbons (Fsp3) is 1.00. The summed E-state index contributed by atoms with van der Waals surface area (Å²) in [7, 11) is 1.71. The molecule has 3 saturated heterocycles. The Bertz CT molecular complexity index is 1390. The highest BCUT2D eigenvalue weighted by Gasteiger charge is 2.81. The molecular weight excluding hydrogens is 720 g/mol. The number of hydrogen-bond donors (Lipinski definition) is 9. The molecule has 5 aliphatic carbocycles. The van der Waals surface area contributed by atoms with Gasteiger partial charge in [-0.1, -0.05) is 27.7 Å². The van der Waals surface area contributed by atoms with Crippen molar-refractivity contribution in [1.29, 1.82) is 0 Å². The topological polar surface area (TPSA) is 237 Å². The van der Waals surface area contributed by atoms with Gasteiger partial charge in [-0.05, 0) is 85.9 Å². The minimum Gasteiger partial charge on any atom is -0.394 e. The number of aliphatic hydroxyl groups is 9. The van der Waals surface area contributed by atoms with Crippen molar-refractivity contribution in [2.45, 2.75) is 165 Å². The van der Waals surface area contributed by atoms with Crippen molar-refractivity contribution in [3.8, 4) is 0 Å². The molecule has 0 aromatic rings. The van der Waals surface area contributed by atoms with Gasteiger partial charge in [-0.2, -0.15) is 0 Å². The Morgan fingerprint density at radius 3 is 2.07 bits per heavy atom. The first kappa shape index (κ1) is 41.1. The molecule has 8 rings (SSSR count). The Labute approximate surface area is 323 Å². The zero-order valence-electron chi connectivity index (χ0n) is 32.8. The van der Waals surface area contributed by atoms with Crippen LogP contribution in [0.4, 0.5) is 0 Å². The number of rotatable bonds is 11. The Balaban J connectivity index is 0.943. The van der Waals surface area contributed by atoms with Gasteiger partial charge < -0.3 is 74.4 Å². The lowest BCUT2D eigenvalue weighted by Crippen LogP contribution is -2.63. The Kier molecular flexibility index (Phi) is 10.9. The van der Waals surface area contributed by atoms with Gasteiger partial charge in [-0.25, -0.2) is 0 Å². The molecule has 0 aromatic carbocycles. The van der Waals surface area contributed by atoms with Crippen LogP contribution in [0.3, 0.4) is 0 Å². The molecule has 1 spiro atoms. The van der Waals surface area contributed by atoms with Crippen LogP contribution in [0.2, 0.25) is 0 Å². The second kappa shape index (κ2) is 14.5. The largest absolute Gasteiger partial charge is 0.394 e. The normalized spacial score (nSPS) is 58.7. The lowest BCUT2D eigenvalue weighted by atomic mass is 9.44. The van der Waals surface area contributed by atoms with Gasteiger partial charge in [-0.15, -0.1) is 0 Å². The van der Waals surface area contributed by atoms with Crippen LogP contribution in [0.1, 0.15) is 79.1 Å². The monoisotopic (exact) mass is 786 g/mol. The Morgan fingerprint density at radius 2 is 1.44 bits per heavy atom. The van der Waals surface area contributed by atoms with E-state index in [4.69, 9.17) is 28.4 Å². The maximum atomic E-state index is 12.1. The van der Waals surface area contributed by atoms with E-state index in [0.29, 0.717) is 24.7 Å². The van der Waals surface area contributed by atoms with Crippen molar-refractivity contribution < 1.29 is 74.4 Å². The lowest BCUT2D eigenvalue weighted by molar-refractivity contribution is -0.327. The third kappa shape index (κ3) is 5.92. The predicted octanol–water partition coefficient (Wildman–Crippen LogP) is -0.369. The zero-order valence-corrected chi connectivity index (χ0v) is 32.8. The zero-order chi connectivity index (χ0) is 39.6. The second-order valence-corrected chi connectivity index (χ2v) is 19.4. The van der Waals surface area contributed by atoms with Crippen LogP contribution < -0.4 is 0 Å². The van der Waals surface area contributed by atoms with Crippen molar-refractivity contribution in [2.75, 3.05) is 26.9 Å². The summed E-state index contributed by atoms with van der Waals surface area (Å²) < 4.78 is 37.1. The van der Waals surface area contributed by atoms with Crippen LogP contribution in [0.15, 0.2) is 0 Å². The standard InChI is InChI=1S/C40H66O15/c1-17(16-51-35-33(48)31(46)29(44)24(14-41)52-35)6-9-40(50-5)18(2)28-23(55-40)12-22-20-11-26(43)39-13-19(39)10-27(38(39,4)21(20)7-8-37(22,28)3)54-36-34(49)32(47)30(45)25(15-42)53-36/h17-36,41-49H,6-16H2,1-5H3/t17-,18-,19+,20+,21-,22-,23-,24+,25+,26+,27+,28?,29+,30+,31-,32-,33+,34+,35+,36-,37-,38-,39-,40+/m0/s1. The predicted molar refractivity (Wildman–Crippen MR) is 190 cm³/mol. The quantitative estimate of drug-likeness (QED) is 0.130. The number of hydrogen-bond acceptors (Lipinski definition) is 15. The molecule has 0 bridgehead atoms. The highest BCUT2D eigenvalue weighted by molar-refractivity contribution is 5.29. The highest BCUT2D eigenvalue weighted by Crippen LogP contribution is 2.82. The molecule has 24 atom stereocenters. The molecular formula is C40H66O15. The van der Waals surface area contributed by atoms with Crippen LogP contribution in [0, 0.1) is 57.7 Å². The molecule has 0 amide bonds. The van der Waals surface area contributed by atoms with Crippen LogP contribution in [0.25, 0.3) is 0 Å². The van der Waals surface area contributed by atoms with E-state index in [1.807, 2.05) is 6.92 Å². The first-order valence-corrected chi connectivity index (χ1v) is 20.8. The van der Waals surface area contributed by atoms with Crippen molar-refractivity contribution in [1.82, 2.24) is 0 Å². The molecule has 9 N–H and O–H groups in total. The van der Waals surface area contributed by atoms with Crippen LogP contribution in [0.5, 0.6) is 0 Å². The summed E-state index contributed by atoms with van der Waals surface area (Å²) in [4.78, 5) is 0. The Hall–Kier alpha value is -0.600. The molecule has 8 aliphatic rings. The van der Waals surface area contributed by atoms with Crippen LogP contribution in [-0.4, -0.2) is 158 Å². The van der Waals surface area contributed by atoms with E-state index in [0.717, 1.165) is 38.5 Å². The van der Waals surface area contributed by atoms with E-state index in [2.05, 4.69) is 20.8 Å². The molecule has 0 aromatic heterocycles. The number of fused-ring (bicyclic) bond motifs is 6. The minimum atomic E-state index is -1.51. The number of ether oxygens (including phenoxy) is 6. The molecule has 5 saturated carbocycles. The molecule has 3 heterocycles. The van der Waals surface area contributed by atoms with Crippen LogP contribution in [-0.2, 0) is 28.4 Å². The summed E-state index contributed by atoms with van der Waals surface area (Å²) in [6.45, 7) is 8.13. The average molecular weight is 787 g/mol. The van der Waals surface area contributed by atoms with Gasteiger partial charge in [0.05, 0.1) is 38.1 Å². The molecule has 316 valence electrons. The van der Waals surface area contributed by atoms with E-state index in [-0.39, 0.29) is 59.2 Å². The Morgan fingerprint density at radius 1 is 0.800 bits per heavy atom. The maximum Gasteiger partial charge on any atom is 0.186 e. The molecule has 15 nitrogen and oxygen atoms in total. The van der Waals surface area contributed by atoms with Crippen molar-refractivity contribution in [2.24, 2.45) is 57.7 Å². The SMILES string of the molecule is CO[C@]1(CC[C@H](C)CO[C@@H]2O[C@H](CO)[C@@H](O)[C@H](O)[C@H]2O)O[C@H]2C[C@H]3[C@@H]4C[C@@H](O)[C@]56C[C@H]5C[C@@H](O[C@@H]5O[C@H](CO)[C@@H](O)[C@H](O)[C@H]5O)[C@]6(C)[C@H]4CC[C@]3(C)C2[C@@H]1C. The second-order valence-electron chi connectivity index (χ2n) is 19.4. The summed E-state index contributed by atoms with van der Waals surface area (Å²) in [5.74, 6) is 0.681. The van der Waals surface area contributed by atoms with E-state index in [1.54, 1.807) is 7.11 Å². The van der Waals surface area contributed by atoms with Crippen molar-refractivity contribution in [3.05, 3.63) is 0 Å². The highest BCUT2D eigenvalue weighted by atomic mass is 16.7. The number of methoxy groups -OCH3 is 1. The fourth-order valence-electron chi connectivity index (χ4n) is 14.1. The molecule has 3 aliphatic heterocycles. The first-order valence-electron chi connectivity index (χ1n) is 20.8. The third-order valence-electron chi connectivity index (χ3n) is 17.2. The summed E-state index contributed by atoms with van der Waals surface area (Å²) in [6.07, 6.45) is -7.56. The van der Waals surface area contributed by atoms with Crippen molar-refractivity contribution in [3.63, 3.8) is 0 Å². The van der Waals surface area contributed by atoms with Gasteiger partial charge in [0.1, 0.15) is 48.8 Å². The summed E-state index contributed by atoms with van der Waals surface area (Å²) in [6, 6.07) is 0. The molecule has 55 heavy (non-hydrogen) atoms. The van der Waals surface area contributed by atoms with E-state index < -0.39 is 91.9 Å². The fourth-order valence-corrected chi connectivity index (χ4v) is 14.1. The van der Waals surface area contributed by atoms with Gasteiger partial charge in [0.25, 0.3) is 0 Å². The first-order chi connectivity index (χ1) is 26.0. The molecule has 15 heteroatoms. The minimum absolute atomic E-state index is 0.0105. The molecule has 1 unspecified atom stereocenters. The molecule has 8 fully saturated rings. The summed E-state index contributed by atoms with van der Waals surface area (Å²) in [5.41, 5.74) is -0.707. The van der Waals surface area contributed by atoms with Gasteiger partial charge in [0.2, 0.25) is 0 Å². The average Bonchev–Trinajstić information content (AvgIpc) is 3.61. The molecule has 0 radical (unpaired) electrons. The smallest absolute Gasteiger partial charge is 0.186 e. The van der Waals surface area contributed by atoms with E-state index in [1.165, 1.54) is 0 Å². The van der Waals surface area contributed by atoms with Crippen molar-refractivity contribution >= 4 is 0 Å². The van der Waals surface area contributed by atoms with E-state index >= 15 is 0 Å². The van der Waals surface area contributed by atoms with Crippen LogP contribution >= 0.6 is 0 Å². The van der Waals surface area contributed by atoms with Gasteiger partial charge in [0.15, 0.2) is 18.4 Å². The van der Waals surface area contributed by atoms with Gasteiger partial charge in [0, 0.05) is 30.3 Å². The third-order valence-corrected chi connectivity index (χ3v) is 17.2. The van der Waals surface area contributed by atoms with E-state index in [9.17, 15) is 46.0 Å². The number of aliphatic hydroxyl groups excluding tert-OH is 9. The van der Waals surface area contributed by atoms with Gasteiger partial charge in [-0.3, -0.25) is 0 Å². The maximum absolute atomic E-state index is 12.1.